The second-order valence-electron chi connectivity index (χ2n) is 5.18. The van der Waals surface area contributed by atoms with E-state index in [1.165, 1.54) is 0 Å². The molecule has 114 valence electrons. The predicted molar refractivity (Wildman–Crippen MR) is 80.2 cm³/mol. The molecule has 0 unspecified atom stereocenters. The fraction of sp³-hybridized carbons (Fsp3) is 0.250. The van der Waals surface area contributed by atoms with Crippen LogP contribution in [-0.4, -0.2) is 20.9 Å². The third-order valence-electron chi connectivity index (χ3n) is 3.70. The maximum Gasteiger partial charge on any atom is 0.339 e. The quantitative estimate of drug-likeness (QED) is 0.801. The van der Waals surface area contributed by atoms with Gasteiger partial charge in [-0.15, -0.1) is 0 Å². The maximum atomic E-state index is 11.3. The van der Waals surface area contributed by atoms with Crippen molar-refractivity contribution in [1.82, 2.24) is 9.78 Å². The highest BCUT2D eigenvalue weighted by Crippen LogP contribution is 2.29. The van der Waals surface area contributed by atoms with Crippen LogP contribution in [0.25, 0.3) is 11.0 Å². The molecule has 0 fully saturated rings. The van der Waals surface area contributed by atoms with Gasteiger partial charge in [0, 0.05) is 12.4 Å². The van der Waals surface area contributed by atoms with Crippen molar-refractivity contribution in [3.63, 3.8) is 0 Å². The maximum absolute atomic E-state index is 11.3. The molecule has 6 heteroatoms. The molecule has 0 aliphatic rings. The molecule has 3 aromatic rings. The van der Waals surface area contributed by atoms with Gasteiger partial charge in [0.15, 0.2) is 0 Å². The number of nitrogens with zero attached hydrogens (tertiary/aromatic N) is 2. The Morgan fingerprint density at radius 1 is 1.41 bits per heavy atom. The standard InChI is InChI=1S/C16H16N2O4/c1-9-7-17-18(3)13(9)8-21-11-4-5-14-12(6-11)15(16(19)20)10(2)22-14/h4-7H,8H2,1-3H3,(H,19,20). The van der Waals surface area contributed by atoms with Crippen molar-refractivity contribution < 1.29 is 19.1 Å². The molecule has 1 N–H and O–H groups in total. The minimum absolute atomic E-state index is 0.178. The van der Waals surface area contributed by atoms with E-state index >= 15 is 0 Å². The van der Waals surface area contributed by atoms with Crippen molar-refractivity contribution >= 4 is 16.9 Å². The molecule has 0 atom stereocenters. The molecule has 3 rings (SSSR count). The summed E-state index contributed by atoms with van der Waals surface area (Å²) in [5, 5.41) is 14.0. The molecular formula is C16H16N2O4. The predicted octanol–water partition coefficient (Wildman–Crippen LogP) is 3.06. The molecule has 0 amide bonds. The molecule has 0 bridgehead atoms. The fourth-order valence-corrected chi connectivity index (χ4v) is 2.49. The number of furan rings is 1. The first-order valence-electron chi connectivity index (χ1n) is 6.84. The summed E-state index contributed by atoms with van der Waals surface area (Å²) < 4.78 is 13.0. The summed E-state index contributed by atoms with van der Waals surface area (Å²) in [5.41, 5.74) is 2.74. The number of carbonyl (C=O) groups is 1. The third kappa shape index (κ3) is 2.32. The Kier molecular flexibility index (Phi) is 3.36. The van der Waals surface area contributed by atoms with Crippen LogP contribution in [0.15, 0.2) is 28.8 Å². The SMILES string of the molecule is Cc1cnn(C)c1COc1ccc2oc(C)c(C(=O)O)c2c1. The first-order chi connectivity index (χ1) is 10.5. The zero-order chi connectivity index (χ0) is 15.9. The lowest BCUT2D eigenvalue weighted by Gasteiger charge is -2.07. The first-order valence-corrected chi connectivity index (χ1v) is 6.84. The number of carboxylic acids is 1. The molecule has 6 nitrogen and oxygen atoms in total. The normalized spacial score (nSPS) is 11.0. The lowest BCUT2D eigenvalue weighted by Crippen LogP contribution is -2.04. The fourth-order valence-electron chi connectivity index (χ4n) is 2.49. The number of rotatable bonds is 4. The summed E-state index contributed by atoms with van der Waals surface area (Å²) in [6.07, 6.45) is 1.78. The molecule has 0 saturated carbocycles. The Balaban J connectivity index is 1.92. The van der Waals surface area contributed by atoms with Crippen LogP contribution in [0.3, 0.4) is 0 Å². The summed E-state index contributed by atoms with van der Waals surface area (Å²) in [6, 6.07) is 5.18. The van der Waals surface area contributed by atoms with E-state index in [9.17, 15) is 9.90 Å². The average Bonchev–Trinajstić information content (AvgIpc) is 2.95. The van der Waals surface area contributed by atoms with Crippen LogP contribution in [0, 0.1) is 13.8 Å². The van der Waals surface area contributed by atoms with Crippen LogP contribution in [0.5, 0.6) is 5.75 Å². The molecule has 2 heterocycles. The summed E-state index contributed by atoms with van der Waals surface area (Å²) in [7, 11) is 1.86. The lowest BCUT2D eigenvalue weighted by molar-refractivity contribution is 0.0697. The van der Waals surface area contributed by atoms with Crippen LogP contribution in [0.1, 0.15) is 27.4 Å². The Hall–Kier alpha value is -2.76. The minimum atomic E-state index is -1.00. The van der Waals surface area contributed by atoms with Gasteiger partial charge in [-0.2, -0.15) is 5.10 Å². The van der Waals surface area contributed by atoms with Gasteiger partial charge in [0.1, 0.15) is 29.3 Å². The van der Waals surface area contributed by atoms with Crippen molar-refractivity contribution in [3.8, 4) is 5.75 Å². The summed E-state index contributed by atoms with van der Waals surface area (Å²) in [6.45, 7) is 3.98. The number of ether oxygens (including phenoxy) is 1. The molecular weight excluding hydrogens is 284 g/mol. The van der Waals surface area contributed by atoms with E-state index < -0.39 is 5.97 Å². The van der Waals surface area contributed by atoms with Crippen LogP contribution >= 0.6 is 0 Å². The summed E-state index contributed by atoms with van der Waals surface area (Å²) in [5.74, 6) is -0.0191. The Bertz CT molecular complexity index is 841. The smallest absolute Gasteiger partial charge is 0.339 e. The molecule has 22 heavy (non-hydrogen) atoms. The average molecular weight is 300 g/mol. The number of aryl methyl sites for hydroxylation is 3. The van der Waals surface area contributed by atoms with Crippen molar-refractivity contribution in [2.45, 2.75) is 20.5 Å². The van der Waals surface area contributed by atoms with Gasteiger partial charge in [0.25, 0.3) is 0 Å². The minimum Gasteiger partial charge on any atom is -0.487 e. The number of hydrogen-bond donors (Lipinski definition) is 1. The highest BCUT2D eigenvalue weighted by atomic mass is 16.5. The zero-order valence-corrected chi connectivity index (χ0v) is 12.6. The highest BCUT2D eigenvalue weighted by Gasteiger charge is 2.18. The highest BCUT2D eigenvalue weighted by molar-refractivity contribution is 6.03. The Morgan fingerprint density at radius 2 is 2.18 bits per heavy atom. The second-order valence-corrected chi connectivity index (χ2v) is 5.18. The van der Waals surface area contributed by atoms with Gasteiger partial charge in [-0.05, 0) is 37.6 Å². The van der Waals surface area contributed by atoms with Gasteiger partial charge < -0.3 is 14.3 Å². The van der Waals surface area contributed by atoms with E-state index in [1.54, 1.807) is 36.0 Å². The van der Waals surface area contributed by atoms with E-state index in [0.717, 1.165) is 11.3 Å². The van der Waals surface area contributed by atoms with Gasteiger partial charge in [-0.1, -0.05) is 0 Å². The molecule has 2 aromatic heterocycles. The van der Waals surface area contributed by atoms with E-state index in [2.05, 4.69) is 5.10 Å². The van der Waals surface area contributed by atoms with Crippen molar-refractivity contribution in [1.29, 1.82) is 0 Å². The van der Waals surface area contributed by atoms with Gasteiger partial charge in [0.05, 0.1) is 11.9 Å². The number of aromatic carboxylic acids is 1. The van der Waals surface area contributed by atoms with Crippen LogP contribution in [0.2, 0.25) is 0 Å². The van der Waals surface area contributed by atoms with Gasteiger partial charge >= 0.3 is 5.97 Å². The summed E-state index contributed by atoms with van der Waals surface area (Å²) in [4.78, 5) is 11.3. The molecule has 0 spiro atoms. The third-order valence-corrected chi connectivity index (χ3v) is 3.70. The van der Waals surface area contributed by atoms with Gasteiger partial charge in [-0.3, -0.25) is 4.68 Å². The van der Waals surface area contributed by atoms with E-state index in [4.69, 9.17) is 9.15 Å². The van der Waals surface area contributed by atoms with E-state index in [-0.39, 0.29) is 5.56 Å². The largest absolute Gasteiger partial charge is 0.487 e. The van der Waals surface area contributed by atoms with Crippen LogP contribution in [0.4, 0.5) is 0 Å². The Morgan fingerprint density at radius 3 is 2.82 bits per heavy atom. The number of fused-ring (bicyclic) bond motifs is 1. The molecule has 0 radical (unpaired) electrons. The monoisotopic (exact) mass is 300 g/mol. The molecule has 0 saturated heterocycles. The second kappa shape index (κ2) is 5.22. The van der Waals surface area contributed by atoms with Crippen LogP contribution < -0.4 is 4.74 Å². The van der Waals surface area contributed by atoms with E-state index in [1.807, 2.05) is 14.0 Å². The first kappa shape index (κ1) is 14.2. The number of carboxylic acid groups (broad SMARTS) is 1. The topological polar surface area (TPSA) is 77.5 Å². The number of hydrogen-bond acceptors (Lipinski definition) is 4. The zero-order valence-electron chi connectivity index (χ0n) is 12.6. The van der Waals surface area contributed by atoms with Crippen molar-refractivity contribution in [3.05, 3.63) is 47.0 Å². The number of benzene rings is 1. The number of aromatic nitrogens is 2. The Labute approximate surface area is 126 Å². The van der Waals surface area contributed by atoms with Gasteiger partial charge in [0.2, 0.25) is 0 Å². The van der Waals surface area contributed by atoms with Crippen molar-refractivity contribution in [2.24, 2.45) is 7.05 Å². The molecule has 1 aromatic carbocycles. The van der Waals surface area contributed by atoms with E-state index in [0.29, 0.717) is 29.1 Å². The lowest BCUT2D eigenvalue weighted by atomic mass is 10.1. The molecule has 0 aliphatic heterocycles. The van der Waals surface area contributed by atoms with Crippen molar-refractivity contribution in [2.75, 3.05) is 0 Å². The van der Waals surface area contributed by atoms with Gasteiger partial charge in [-0.25, -0.2) is 4.79 Å². The molecule has 0 aliphatic carbocycles. The summed E-state index contributed by atoms with van der Waals surface area (Å²) >= 11 is 0. The van der Waals surface area contributed by atoms with Crippen LogP contribution in [-0.2, 0) is 13.7 Å².